The highest BCUT2D eigenvalue weighted by molar-refractivity contribution is 5.74. The largest absolute Gasteiger partial charge is 0.508 e. The second-order valence-electron chi connectivity index (χ2n) is 8.09. The Labute approximate surface area is 166 Å². The number of carbonyl (C=O) groups excluding carboxylic acids is 1. The Bertz CT molecular complexity index is 825. The van der Waals surface area contributed by atoms with Crippen molar-refractivity contribution < 1.29 is 14.3 Å². The van der Waals surface area contributed by atoms with Crippen molar-refractivity contribution in [2.75, 3.05) is 13.1 Å². The number of phenolic OH excluding ortho intramolecular Hbond substituents is 1. The molecule has 0 spiro atoms. The minimum atomic E-state index is -0.474. The lowest BCUT2D eigenvalue weighted by Crippen LogP contribution is -2.52. The predicted octanol–water partition coefficient (Wildman–Crippen LogP) is 4.28. The van der Waals surface area contributed by atoms with Crippen molar-refractivity contribution in [3.63, 3.8) is 0 Å². The molecule has 1 heterocycles. The Kier molecular flexibility index (Phi) is 6.04. The maximum absolute atomic E-state index is 13.4. The zero-order valence-corrected chi connectivity index (χ0v) is 16.8. The number of halogens is 1. The van der Waals surface area contributed by atoms with Crippen LogP contribution in [0.15, 0.2) is 42.5 Å². The number of nitrogens with one attached hydrogen (secondary N) is 1. The van der Waals surface area contributed by atoms with E-state index in [4.69, 9.17) is 0 Å². The third-order valence-corrected chi connectivity index (χ3v) is 5.69. The van der Waals surface area contributed by atoms with Crippen molar-refractivity contribution in [1.29, 1.82) is 0 Å². The van der Waals surface area contributed by atoms with Crippen molar-refractivity contribution in [2.45, 2.75) is 51.6 Å². The van der Waals surface area contributed by atoms with Gasteiger partial charge in [0.1, 0.15) is 11.6 Å². The van der Waals surface area contributed by atoms with Crippen LogP contribution in [-0.4, -0.2) is 29.0 Å². The molecule has 1 fully saturated rings. The van der Waals surface area contributed by atoms with Gasteiger partial charge in [-0.15, -0.1) is 0 Å². The van der Waals surface area contributed by atoms with Crippen molar-refractivity contribution in [1.82, 2.24) is 10.2 Å². The van der Waals surface area contributed by atoms with Crippen LogP contribution in [0.3, 0.4) is 0 Å². The minimum absolute atomic E-state index is 0.0833. The van der Waals surface area contributed by atoms with Crippen LogP contribution < -0.4 is 5.32 Å². The summed E-state index contributed by atoms with van der Waals surface area (Å²) in [5, 5.41) is 13.4. The Morgan fingerprint density at radius 3 is 2.39 bits per heavy atom. The van der Waals surface area contributed by atoms with E-state index < -0.39 is 5.54 Å². The zero-order valence-electron chi connectivity index (χ0n) is 16.8. The quantitative estimate of drug-likeness (QED) is 0.809. The molecule has 5 heteroatoms. The smallest absolute Gasteiger partial charge is 0.217 e. The lowest BCUT2D eigenvalue weighted by Gasteiger charge is -2.42. The van der Waals surface area contributed by atoms with Gasteiger partial charge < -0.3 is 10.4 Å². The average molecular weight is 384 g/mol. The summed E-state index contributed by atoms with van der Waals surface area (Å²) in [5.74, 6) is 0.368. The van der Waals surface area contributed by atoms with Crippen LogP contribution in [0.5, 0.6) is 5.75 Å². The van der Waals surface area contributed by atoms with Crippen LogP contribution >= 0.6 is 0 Å². The molecular formula is C23H29FN2O2. The van der Waals surface area contributed by atoms with Gasteiger partial charge >= 0.3 is 0 Å². The molecule has 1 aliphatic heterocycles. The fourth-order valence-corrected chi connectivity index (χ4v) is 4.02. The van der Waals surface area contributed by atoms with E-state index >= 15 is 0 Å². The fraction of sp³-hybridized carbons (Fsp3) is 0.435. The number of aromatic hydroxyl groups is 1. The number of likely N-dealkylation sites (tertiary alicyclic amines) is 1. The standard InChI is InChI=1S/C23H29FN2O2/c1-16(2)18-4-9-22(28)19(14-18)15-26-12-10-23(11-13-26,25-17(3)27)20-5-7-21(24)8-6-20/h4-9,14,16,28H,10-13,15H2,1-3H3,(H,25,27). The first-order valence-electron chi connectivity index (χ1n) is 9.88. The topological polar surface area (TPSA) is 52.6 Å². The van der Waals surface area contributed by atoms with E-state index in [2.05, 4.69) is 30.1 Å². The molecular weight excluding hydrogens is 355 g/mol. The molecule has 0 aliphatic carbocycles. The molecule has 1 aliphatic rings. The average Bonchev–Trinajstić information content (AvgIpc) is 2.65. The highest BCUT2D eigenvalue weighted by atomic mass is 19.1. The van der Waals surface area contributed by atoms with Gasteiger partial charge in [-0.2, -0.15) is 0 Å². The van der Waals surface area contributed by atoms with Crippen LogP contribution in [0.2, 0.25) is 0 Å². The molecule has 1 amide bonds. The Hall–Kier alpha value is -2.40. The summed E-state index contributed by atoms with van der Waals surface area (Å²) < 4.78 is 13.4. The molecule has 2 aromatic carbocycles. The number of nitrogens with zero attached hydrogens (tertiary/aromatic N) is 1. The number of phenols is 1. The van der Waals surface area contributed by atoms with Gasteiger partial charge in [0, 0.05) is 32.1 Å². The molecule has 2 aromatic rings. The van der Waals surface area contributed by atoms with E-state index in [1.165, 1.54) is 24.6 Å². The number of amides is 1. The monoisotopic (exact) mass is 384 g/mol. The van der Waals surface area contributed by atoms with Gasteiger partial charge in [-0.1, -0.05) is 38.1 Å². The summed E-state index contributed by atoms with van der Waals surface area (Å²) in [5.41, 5.74) is 2.61. The molecule has 150 valence electrons. The summed E-state index contributed by atoms with van der Waals surface area (Å²) in [7, 11) is 0. The van der Waals surface area contributed by atoms with Gasteiger partial charge in [-0.3, -0.25) is 9.69 Å². The van der Waals surface area contributed by atoms with Crippen molar-refractivity contribution in [3.05, 3.63) is 65.0 Å². The van der Waals surface area contributed by atoms with E-state index in [9.17, 15) is 14.3 Å². The van der Waals surface area contributed by atoms with Crippen molar-refractivity contribution in [3.8, 4) is 5.75 Å². The third kappa shape index (κ3) is 4.53. The molecule has 28 heavy (non-hydrogen) atoms. The second kappa shape index (κ2) is 8.31. The molecule has 4 nitrogen and oxygen atoms in total. The summed E-state index contributed by atoms with van der Waals surface area (Å²) >= 11 is 0. The lowest BCUT2D eigenvalue weighted by atomic mass is 9.80. The number of benzene rings is 2. The number of piperidine rings is 1. The lowest BCUT2D eigenvalue weighted by molar-refractivity contribution is -0.121. The molecule has 1 saturated heterocycles. The molecule has 0 bridgehead atoms. The van der Waals surface area contributed by atoms with Crippen LogP contribution in [0, 0.1) is 5.82 Å². The molecule has 0 radical (unpaired) electrons. The Morgan fingerprint density at radius 2 is 1.82 bits per heavy atom. The molecule has 3 rings (SSSR count). The number of carbonyl (C=O) groups is 1. The van der Waals surface area contributed by atoms with Crippen LogP contribution in [0.25, 0.3) is 0 Å². The number of hydrogen-bond donors (Lipinski definition) is 2. The molecule has 0 unspecified atom stereocenters. The number of hydrogen-bond acceptors (Lipinski definition) is 3. The van der Waals surface area contributed by atoms with Crippen LogP contribution in [-0.2, 0) is 16.9 Å². The third-order valence-electron chi connectivity index (χ3n) is 5.69. The van der Waals surface area contributed by atoms with Gasteiger partial charge in [0.2, 0.25) is 5.91 Å². The van der Waals surface area contributed by atoms with E-state index in [0.717, 1.165) is 37.1 Å². The van der Waals surface area contributed by atoms with E-state index in [-0.39, 0.29) is 11.7 Å². The normalized spacial score (nSPS) is 16.9. The van der Waals surface area contributed by atoms with Gasteiger partial charge in [0.15, 0.2) is 0 Å². The summed E-state index contributed by atoms with van der Waals surface area (Å²) in [6.45, 7) is 8.04. The van der Waals surface area contributed by atoms with Crippen molar-refractivity contribution in [2.24, 2.45) is 0 Å². The first-order chi connectivity index (χ1) is 13.3. The van der Waals surface area contributed by atoms with E-state index in [1.807, 2.05) is 6.07 Å². The van der Waals surface area contributed by atoms with Gasteiger partial charge in [0.05, 0.1) is 5.54 Å². The predicted molar refractivity (Wildman–Crippen MR) is 109 cm³/mol. The molecule has 0 saturated carbocycles. The Balaban J connectivity index is 1.75. The van der Waals surface area contributed by atoms with Crippen LogP contribution in [0.4, 0.5) is 4.39 Å². The zero-order chi connectivity index (χ0) is 20.3. The highest BCUT2D eigenvalue weighted by Crippen LogP contribution is 2.34. The Morgan fingerprint density at radius 1 is 1.18 bits per heavy atom. The summed E-state index contributed by atoms with van der Waals surface area (Å²) in [6.07, 6.45) is 1.48. The first-order valence-corrected chi connectivity index (χ1v) is 9.88. The minimum Gasteiger partial charge on any atom is -0.508 e. The number of rotatable bonds is 5. The first kappa shape index (κ1) is 20.3. The van der Waals surface area contributed by atoms with E-state index in [1.54, 1.807) is 18.2 Å². The fourth-order valence-electron chi connectivity index (χ4n) is 4.02. The van der Waals surface area contributed by atoms with Gasteiger partial charge in [-0.05, 0) is 48.1 Å². The van der Waals surface area contributed by atoms with Crippen LogP contribution in [0.1, 0.15) is 56.2 Å². The molecule has 2 N–H and O–H groups in total. The van der Waals surface area contributed by atoms with Gasteiger partial charge in [0.25, 0.3) is 0 Å². The maximum atomic E-state index is 13.4. The molecule has 0 aromatic heterocycles. The maximum Gasteiger partial charge on any atom is 0.217 e. The summed E-state index contributed by atoms with van der Waals surface area (Å²) in [4.78, 5) is 14.1. The SMILES string of the molecule is CC(=O)NC1(c2ccc(F)cc2)CCN(Cc2cc(C(C)C)ccc2O)CC1. The van der Waals surface area contributed by atoms with Crippen molar-refractivity contribution >= 4 is 5.91 Å². The van der Waals surface area contributed by atoms with E-state index in [0.29, 0.717) is 18.2 Å². The highest BCUT2D eigenvalue weighted by Gasteiger charge is 2.37. The second-order valence-corrected chi connectivity index (χ2v) is 8.09. The van der Waals surface area contributed by atoms with Gasteiger partial charge in [-0.25, -0.2) is 4.39 Å². The molecule has 0 atom stereocenters. The summed E-state index contributed by atoms with van der Waals surface area (Å²) in [6, 6.07) is 12.2.